The lowest BCUT2D eigenvalue weighted by atomic mass is 9.85. The molecule has 5 nitrogen and oxygen atoms in total. The molecule has 1 atom stereocenters. The second-order valence-electron chi connectivity index (χ2n) is 3.95. The van der Waals surface area contributed by atoms with Gasteiger partial charge >= 0.3 is 0 Å². The lowest BCUT2D eigenvalue weighted by Gasteiger charge is -2.20. The van der Waals surface area contributed by atoms with Gasteiger partial charge < -0.3 is 15.0 Å². The number of ketones is 1. The number of aliphatic hydroxyl groups excluding tert-OH is 2. The van der Waals surface area contributed by atoms with Crippen molar-refractivity contribution in [3.63, 3.8) is 0 Å². The van der Waals surface area contributed by atoms with Crippen LogP contribution < -0.4 is 0 Å². The summed E-state index contributed by atoms with van der Waals surface area (Å²) < 4.78 is 0. The number of allylic oxidation sites excluding steroid dienone is 2. The third kappa shape index (κ3) is 3.23. The Hall–Kier alpha value is -1.49. The molecule has 17 heavy (non-hydrogen) atoms. The first kappa shape index (κ1) is 13.6. The summed E-state index contributed by atoms with van der Waals surface area (Å²) in [5.41, 5.74) is 0.741. The number of aliphatic imine (C=N–C) groups is 1. The summed E-state index contributed by atoms with van der Waals surface area (Å²) >= 11 is 0. The smallest absolute Gasteiger partial charge is 0.168 e. The molecule has 0 heterocycles. The Labute approximate surface area is 99.9 Å². The van der Waals surface area contributed by atoms with E-state index in [1.54, 1.807) is 0 Å². The van der Waals surface area contributed by atoms with Gasteiger partial charge in [0.25, 0.3) is 0 Å². The molecule has 0 aliphatic heterocycles. The predicted molar refractivity (Wildman–Crippen MR) is 63.1 cm³/mol. The highest BCUT2D eigenvalue weighted by atomic mass is 16.3. The van der Waals surface area contributed by atoms with Crippen LogP contribution in [0.4, 0.5) is 0 Å². The number of aliphatic hydroxyl groups is 2. The molecule has 0 aromatic heterocycles. The van der Waals surface area contributed by atoms with Gasteiger partial charge in [-0.25, -0.2) is 0 Å². The lowest BCUT2D eigenvalue weighted by Crippen LogP contribution is -2.25. The van der Waals surface area contributed by atoms with E-state index in [-0.39, 0.29) is 43.1 Å². The molecule has 0 saturated carbocycles. The van der Waals surface area contributed by atoms with E-state index in [9.17, 15) is 14.7 Å². The van der Waals surface area contributed by atoms with E-state index in [1.165, 1.54) is 0 Å². The first-order chi connectivity index (χ1) is 8.13. The number of carbonyl (C=O) groups is 2. The molecule has 0 fully saturated rings. The van der Waals surface area contributed by atoms with Crippen molar-refractivity contribution in [2.45, 2.75) is 26.2 Å². The maximum absolute atomic E-state index is 11.8. The van der Waals surface area contributed by atoms with Crippen LogP contribution in [0.25, 0.3) is 0 Å². The van der Waals surface area contributed by atoms with Crippen LogP contribution >= 0.6 is 0 Å². The van der Waals surface area contributed by atoms with Gasteiger partial charge in [-0.05, 0) is 6.42 Å². The van der Waals surface area contributed by atoms with Gasteiger partial charge in [0.15, 0.2) is 5.78 Å². The Kier molecular flexibility index (Phi) is 5.03. The van der Waals surface area contributed by atoms with Crippen LogP contribution in [-0.2, 0) is 9.59 Å². The first-order valence-corrected chi connectivity index (χ1v) is 5.69. The molecule has 5 heteroatoms. The minimum Gasteiger partial charge on any atom is -0.511 e. The van der Waals surface area contributed by atoms with E-state index in [1.807, 2.05) is 6.92 Å². The van der Waals surface area contributed by atoms with Gasteiger partial charge in [0.05, 0.1) is 18.7 Å². The normalized spacial score (nSPS) is 21.9. The summed E-state index contributed by atoms with van der Waals surface area (Å²) in [6.45, 7) is 1.95. The maximum Gasteiger partial charge on any atom is 0.168 e. The van der Waals surface area contributed by atoms with E-state index >= 15 is 0 Å². The van der Waals surface area contributed by atoms with Crippen LogP contribution in [0.3, 0.4) is 0 Å². The Balaban J connectivity index is 3.01. The zero-order valence-corrected chi connectivity index (χ0v) is 9.85. The van der Waals surface area contributed by atoms with Gasteiger partial charge in [0.2, 0.25) is 0 Å². The Bertz CT molecular complexity index is 371. The van der Waals surface area contributed by atoms with E-state index in [4.69, 9.17) is 5.11 Å². The lowest BCUT2D eigenvalue weighted by molar-refractivity contribution is -0.120. The third-order valence-electron chi connectivity index (χ3n) is 2.69. The highest BCUT2D eigenvalue weighted by molar-refractivity contribution is 6.23. The molecule has 94 valence electrons. The molecule has 0 spiro atoms. The molecule has 0 saturated heterocycles. The van der Waals surface area contributed by atoms with Gasteiger partial charge in [0, 0.05) is 24.5 Å². The second kappa shape index (κ2) is 6.30. The molecule has 0 amide bonds. The number of nitrogens with zero attached hydrogens (tertiary/aromatic N) is 1. The van der Waals surface area contributed by atoms with Gasteiger partial charge in [-0.15, -0.1) is 0 Å². The molecular weight excluding hydrogens is 222 g/mol. The second-order valence-corrected chi connectivity index (χ2v) is 3.95. The van der Waals surface area contributed by atoms with Crippen LogP contribution in [0, 0.1) is 5.92 Å². The van der Waals surface area contributed by atoms with Gasteiger partial charge in [0.1, 0.15) is 12.0 Å². The van der Waals surface area contributed by atoms with Gasteiger partial charge in [-0.2, -0.15) is 0 Å². The Morgan fingerprint density at radius 3 is 2.71 bits per heavy atom. The number of hydrogen-bond donors (Lipinski definition) is 2. The summed E-state index contributed by atoms with van der Waals surface area (Å²) in [5, 5.41) is 18.5. The number of aldehydes is 1. The van der Waals surface area contributed by atoms with Crippen LogP contribution in [0.15, 0.2) is 16.3 Å². The number of Topliss-reactive ketones (excluding diaryl/α,β-unsaturated/α-hetero) is 1. The van der Waals surface area contributed by atoms with E-state index in [0.29, 0.717) is 18.4 Å². The topological polar surface area (TPSA) is 87.0 Å². The number of hydrogen-bond acceptors (Lipinski definition) is 5. The summed E-state index contributed by atoms with van der Waals surface area (Å²) in [6.07, 6.45) is 1.53. The zero-order chi connectivity index (χ0) is 12.8. The van der Waals surface area contributed by atoms with Crippen molar-refractivity contribution in [1.82, 2.24) is 0 Å². The summed E-state index contributed by atoms with van der Waals surface area (Å²) in [5.74, 6) is -0.733. The fraction of sp³-hybridized carbons (Fsp3) is 0.583. The van der Waals surface area contributed by atoms with Crippen molar-refractivity contribution in [3.8, 4) is 0 Å². The van der Waals surface area contributed by atoms with Crippen molar-refractivity contribution >= 4 is 17.8 Å². The highest BCUT2D eigenvalue weighted by Crippen LogP contribution is 2.26. The number of carbonyl (C=O) groups excluding carboxylic acids is 2. The average molecular weight is 239 g/mol. The zero-order valence-electron chi connectivity index (χ0n) is 9.85. The van der Waals surface area contributed by atoms with Crippen molar-refractivity contribution in [3.05, 3.63) is 11.3 Å². The average Bonchev–Trinajstić information content (AvgIpc) is 2.32. The van der Waals surface area contributed by atoms with Crippen LogP contribution in [0.1, 0.15) is 26.2 Å². The third-order valence-corrected chi connectivity index (χ3v) is 2.69. The van der Waals surface area contributed by atoms with Gasteiger partial charge in [-0.1, -0.05) is 6.92 Å². The fourth-order valence-electron chi connectivity index (χ4n) is 1.90. The standard InChI is InChI=1S/C12H17NO4/c1-2-9(13-3-4-14)12-10(16)5-8(7-15)6-11(12)17/h7-8,14,16H,2-6H2,1H3. The van der Waals surface area contributed by atoms with Crippen molar-refractivity contribution in [2.24, 2.45) is 10.9 Å². The van der Waals surface area contributed by atoms with Crippen LogP contribution in [0.2, 0.25) is 0 Å². The monoisotopic (exact) mass is 239 g/mol. The molecule has 1 aliphatic rings. The molecule has 2 N–H and O–H groups in total. The molecular formula is C12H17NO4. The maximum atomic E-state index is 11.8. The molecule has 0 bridgehead atoms. The molecule has 1 aliphatic carbocycles. The highest BCUT2D eigenvalue weighted by Gasteiger charge is 2.29. The molecule has 0 aromatic carbocycles. The van der Waals surface area contributed by atoms with E-state index in [0.717, 1.165) is 0 Å². The van der Waals surface area contributed by atoms with Crippen molar-refractivity contribution < 1.29 is 19.8 Å². The predicted octanol–water partition coefficient (Wildman–Crippen LogP) is 0.820. The number of rotatable bonds is 5. The molecule has 1 unspecified atom stereocenters. The summed E-state index contributed by atoms with van der Waals surface area (Å²) in [6, 6.07) is 0. The van der Waals surface area contributed by atoms with Gasteiger partial charge in [-0.3, -0.25) is 9.79 Å². The van der Waals surface area contributed by atoms with E-state index < -0.39 is 5.92 Å². The Morgan fingerprint density at radius 1 is 1.53 bits per heavy atom. The quantitative estimate of drug-likeness (QED) is 0.549. The SMILES string of the molecule is CCC(=NCCO)C1=C(O)CC(C=O)CC1=O. The minimum atomic E-state index is -0.429. The van der Waals surface area contributed by atoms with E-state index in [2.05, 4.69) is 4.99 Å². The van der Waals surface area contributed by atoms with Crippen molar-refractivity contribution in [1.29, 1.82) is 0 Å². The largest absolute Gasteiger partial charge is 0.511 e. The molecule has 1 rings (SSSR count). The van der Waals surface area contributed by atoms with Crippen molar-refractivity contribution in [2.75, 3.05) is 13.2 Å². The fourth-order valence-corrected chi connectivity index (χ4v) is 1.90. The van der Waals surface area contributed by atoms with Crippen LogP contribution in [-0.4, -0.2) is 41.1 Å². The van der Waals surface area contributed by atoms with Crippen LogP contribution in [0.5, 0.6) is 0 Å². The summed E-state index contributed by atoms with van der Waals surface area (Å²) in [7, 11) is 0. The Morgan fingerprint density at radius 2 is 2.24 bits per heavy atom. The molecule has 0 radical (unpaired) electrons. The first-order valence-electron chi connectivity index (χ1n) is 5.69. The minimum absolute atomic E-state index is 0.0584. The summed E-state index contributed by atoms with van der Waals surface area (Å²) in [4.78, 5) is 26.5. The molecule has 0 aromatic rings.